The molecule has 0 saturated heterocycles. The average molecular weight is 400 g/mol. The molecule has 1 amide bonds. The molecule has 140 valence electrons. The van der Waals surface area contributed by atoms with E-state index in [1.54, 1.807) is 7.05 Å². The number of hydrogen-bond acceptors (Lipinski definition) is 6. The third-order valence-electron chi connectivity index (χ3n) is 3.00. The molecule has 2 rings (SSSR count). The predicted octanol–water partition coefficient (Wildman–Crippen LogP) is 3.62. The van der Waals surface area contributed by atoms with Gasteiger partial charge in [-0.3, -0.25) is 10.1 Å². The molecule has 9 heteroatoms. The molecule has 1 atom stereocenters. The summed E-state index contributed by atoms with van der Waals surface area (Å²) in [6.45, 7) is 3.65. The van der Waals surface area contributed by atoms with Gasteiger partial charge in [-0.25, -0.2) is 4.39 Å². The molecule has 26 heavy (non-hydrogen) atoms. The number of halogens is 2. The zero-order valence-electron chi connectivity index (χ0n) is 14.4. The van der Waals surface area contributed by atoms with Crippen molar-refractivity contribution in [3.63, 3.8) is 0 Å². The van der Waals surface area contributed by atoms with Gasteiger partial charge in [-0.2, -0.15) is 4.98 Å². The van der Waals surface area contributed by atoms with Gasteiger partial charge in [0.2, 0.25) is 11.8 Å². The van der Waals surface area contributed by atoms with E-state index in [2.05, 4.69) is 28.2 Å². The smallest absolute Gasteiger partial charge is 0.253 e. The summed E-state index contributed by atoms with van der Waals surface area (Å²) in [6.07, 6.45) is -0.160. The molecule has 0 bridgehead atoms. The lowest BCUT2D eigenvalue weighted by Crippen LogP contribution is -2.39. The second-order valence-electron chi connectivity index (χ2n) is 5.57. The molecule has 0 fully saturated rings. The van der Waals surface area contributed by atoms with Crippen LogP contribution in [0.3, 0.4) is 0 Å². The maximum atomic E-state index is 13.5. The highest BCUT2D eigenvalue weighted by Gasteiger charge is 2.15. The Morgan fingerprint density at radius 2 is 1.92 bits per heavy atom. The van der Waals surface area contributed by atoms with Gasteiger partial charge >= 0.3 is 0 Å². The molecule has 0 saturated carbocycles. The Hall–Kier alpha value is -2.03. The molecule has 0 aliphatic carbocycles. The van der Waals surface area contributed by atoms with E-state index < -0.39 is 17.2 Å². The van der Waals surface area contributed by atoms with Crippen LogP contribution in [0.5, 0.6) is 17.5 Å². The van der Waals surface area contributed by atoms with Crippen molar-refractivity contribution in [2.45, 2.75) is 25.4 Å². The van der Waals surface area contributed by atoms with Crippen molar-refractivity contribution in [2.24, 2.45) is 0 Å². The molecule has 6 nitrogen and oxygen atoms in total. The maximum absolute atomic E-state index is 13.5. The van der Waals surface area contributed by atoms with E-state index in [-0.39, 0.29) is 34.2 Å². The van der Waals surface area contributed by atoms with Crippen LogP contribution in [0, 0.1) is 5.82 Å². The number of thiol groups is 1. The number of ether oxygens (including phenoxy) is 2. The second kappa shape index (κ2) is 9.07. The summed E-state index contributed by atoms with van der Waals surface area (Å²) in [6, 6.07) is 6.65. The van der Waals surface area contributed by atoms with Gasteiger partial charge in [-0.1, -0.05) is 11.6 Å². The first-order valence-electron chi connectivity index (χ1n) is 7.75. The van der Waals surface area contributed by atoms with Gasteiger partial charge in [0.1, 0.15) is 17.1 Å². The van der Waals surface area contributed by atoms with Gasteiger partial charge in [0.15, 0.2) is 0 Å². The van der Waals surface area contributed by atoms with Gasteiger partial charge in [-0.05, 0) is 33.0 Å². The number of aromatic nitrogens is 1. The first-order chi connectivity index (χ1) is 12.3. The van der Waals surface area contributed by atoms with E-state index in [0.29, 0.717) is 0 Å². The van der Waals surface area contributed by atoms with Crippen molar-refractivity contribution >= 4 is 30.1 Å². The van der Waals surface area contributed by atoms with Gasteiger partial charge in [-0.15, -0.1) is 12.6 Å². The summed E-state index contributed by atoms with van der Waals surface area (Å²) in [5.41, 5.74) is -0.279. The molecule has 2 aromatic rings. The molecular weight excluding hydrogens is 381 g/mol. The number of rotatable bonds is 7. The molecule has 0 aliphatic rings. The van der Waals surface area contributed by atoms with Crippen LogP contribution in [-0.4, -0.2) is 29.5 Å². The Morgan fingerprint density at radius 3 is 2.54 bits per heavy atom. The summed E-state index contributed by atoms with van der Waals surface area (Å²) in [5, 5.41) is 5.59. The van der Waals surface area contributed by atoms with Crippen LogP contribution in [0.15, 0.2) is 30.3 Å². The fourth-order valence-electron chi connectivity index (χ4n) is 1.95. The molecule has 1 heterocycles. The zero-order chi connectivity index (χ0) is 19.3. The number of hydrogen-bond donors (Lipinski definition) is 3. The Morgan fingerprint density at radius 1 is 1.23 bits per heavy atom. The monoisotopic (exact) mass is 399 g/mol. The molecule has 0 spiro atoms. The molecule has 0 aliphatic heterocycles. The Labute approximate surface area is 161 Å². The Bertz CT molecular complexity index is 772. The minimum atomic E-state index is -0.549. The standard InChI is InChI=1S/C17H19ClFN3O3S/c1-9(2)24-14-4-10(16(23)22-17(26)20-3)5-15(21-14)25-13-7-11(18)6-12(19)8-13/h4-9,17,20,26H,1-3H3,(H,22,23). The highest BCUT2D eigenvalue weighted by Crippen LogP contribution is 2.27. The lowest BCUT2D eigenvalue weighted by Gasteiger charge is -2.15. The lowest BCUT2D eigenvalue weighted by molar-refractivity contribution is 0.0945. The first kappa shape index (κ1) is 20.3. The van der Waals surface area contributed by atoms with Crippen LogP contribution < -0.4 is 20.1 Å². The summed E-state index contributed by atoms with van der Waals surface area (Å²) >= 11 is 9.98. The second-order valence-corrected chi connectivity index (χ2v) is 6.52. The molecular formula is C17H19ClFN3O3S. The van der Waals surface area contributed by atoms with E-state index >= 15 is 0 Å². The van der Waals surface area contributed by atoms with E-state index in [9.17, 15) is 9.18 Å². The van der Waals surface area contributed by atoms with Crippen molar-refractivity contribution in [3.8, 4) is 17.5 Å². The summed E-state index contributed by atoms with van der Waals surface area (Å²) in [7, 11) is 1.65. The number of nitrogens with one attached hydrogen (secondary N) is 2. The van der Waals surface area contributed by atoms with Crippen molar-refractivity contribution in [2.75, 3.05) is 7.05 Å². The number of amides is 1. The fourth-order valence-corrected chi connectivity index (χ4v) is 2.28. The SMILES string of the molecule is CNC(S)NC(=O)c1cc(Oc2cc(F)cc(Cl)c2)nc(OC(C)C)c1. The van der Waals surface area contributed by atoms with Crippen molar-refractivity contribution in [1.29, 1.82) is 0 Å². The Balaban J connectivity index is 2.34. The van der Waals surface area contributed by atoms with E-state index in [0.717, 1.165) is 12.1 Å². The van der Waals surface area contributed by atoms with Crippen molar-refractivity contribution in [1.82, 2.24) is 15.6 Å². The molecule has 0 radical (unpaired) electrons. The largest absolute Gasteiger partial charge is 0.475 e. The summed E-state index contributed by atoms with van der Waals surface area (Å²) in [4.78, 5) is 16.5. The molecule has 1 unspecified atom stereocenters. The van der Waals surface area contributed by atoms with Crippen LogP contribution >= 0.6 is 24.2 Å². The van der Waals surface area contributed by atoms with Crippen molar-refractivity contribution in [3.05, 3.63) is 46.7 Å². The van der Waals surface area contributed by atoms with E-state index in [1.165, 1.54) is 18.2 Å². The maximum Gasteiger partial charge on any atom is 0.253 e. The average Bonchev–Trinajstić information content (AvgIpc) is 2.52. The van der Waals surface area contributed by atoms with Gasteiger partial charge in [0.05, 0.1) is 11.7 Å². The highest BCUT2D eigenvalue weighted by molar-refractivity contribution is 7.80. The van der Waals surface area contributed by atoms with Gasteiger partial charge in [0.25, 0.3) is 5.91 Å². The van der Waals surface area contributed by atoms with E-state index in [1.807, 2.05) is 13.8 Å². The summed E-state index contributed by atoms with van der Waals surface area (Å²) in [5.74, 6) is -0.539. The predicted molar refractivity (Wildman–Crippen MR) is 101 cm³/mol. The Kier molecular flexibility index (Phi) is 7.07. The number of carbonyl (C=O) groups excluding carboxylic acids is 1. The summed E-state index contributed by atoms with van der Waals surface area (Å²) < 4.78 is 24.6. The van der Waals surface area contributed by atoms with Crippen LogP contribution in [0.25, 0.3) is 0 Å². The molecule has 1 aromatic carbocycles. The topological polar surface area (TPSA) is 72.5 Å². The number of pyridine rings is 1. The quantitative estimate of drug-likeness (QED) is 0.490. The third kappa shape index (κ3) is 6.05. The van der Waals surface area contributed by atoms with Crippen molar-refractivity contribution < 1.29 is 18.7 Å². The third-order valence-corrected chi connectivity index (χ3v) is 3.60. The van der Waals surface area contributed by atoms with Crippen LogP contribution in [0.2, 0.25) is 5.02 Å². The van der Waals surface area contributed by atoms with E-state index in [4.69, 9.17) is 21.1 Å². The van der Waals surface area contributed by atoms with Crippen LogP contribution in [0.1, 0.15) is 24.2 Å². The van der Waals surface area contributed by atoms with Crippen LogP contribution in [-0.2, 0) is 0 Å². The van der Waals surface area contributed by atoms with Crippen LogP contribution in [0.4, 0.5) is 4.39 Å². The van der Waals surface area contributed by atoms with Gasteiger partial charge in [0, 0.05) is 23.2 Å². The number of benzene rings is 1. The molecule has 2 N–H and O–H groups in total. The van der Waals surface area contributed by atoms with Gasteiger partial charge < -0.3 is 14.8 Å². The normalized spacial score (nSPS) is 12.0. The first-order valence-corrected chi connectivity index (χ1v) is 8.65. The zero-order valence-corrected chi connectivity index (χ0v) is 16.1. The number of carbonyl (C=O) groups is 1. The minimum absolute atomic E-state index is 0.0649. The number of nitrogens with zero attached hydrogens (tertiary/aromatic N) is 1. The minimum Gasteiger partial charge on any atom is -0.475 e. The highest BCUT2D eigenvalue weighted by atomic mass is 35.5. The fraction of sp³-hybridized carbons (Fsp3) is 0.294. The lowest BCUT2D eigenvalue weighted by atomic mass is 10.2. The molecule has 1 aromatic heterocycles.